The molecule has 0 aromatic carbocycles. The maximum atomic E-state index is 12.0. The van der Waals surface area contributed by atoms with Gasteiger partial charge in [-0.1, -0.05) is 13.3 Å². The van der Waals surface area contributed by atoms with Crippen LogP contribution in [0.15, 0.2) is 16.3 Å². The van der Waals surface area contributed by atoms with E-state index in [2.05, 4.69) is 10.0 Å². The molecular formula is C13H22N2O2S2. The standard InChI is InChI=1S/C13H22N2O2S2/c1-2-3-9-15-19(16,17)13-7-6-12(18-13)8-10-14-11-4-5-11/h6-7,11,14-15H,2-5,8-10H2,1H3. The normalized spacial score (nSPS) is 15.8. The molecule has 1 heterocycles. The summed E-state index contributed by atoms with van der Waals surface area (Å²) in [6.45, 7) is 3.51. The van der Waals surface area contributed by atoms with Crippen LogP contribution >= 0.6 is 11.3 Å². The molecule has 0 bridgehead atoms. The molecule has 2 rings (SSSR count). The number of sulfonamides is 1. The number of rotatable bonds is 9. The van der Waals surface area contributed by atoms with E-state index in [1.54, 1.807) is 6.07 Å². The van der Waals surface area contributed by atoms with Crippen molar-refractivity contribution in [3.63, 3.8) is 0 Å². The Balaban J connectivity index is 1.83. The first kappa shape index (κ1) is 15.0. The minimum atomic E-state index is -3.29. The second-order valence-electron chi connectivity index (χ2n) is 4.95. The fraction of sp³-hybridized carbons (Fsp3) is 0.692. The number of hydrogen-bond acceptors (Lipinski definition) is 4. The van der Waals surface area contributed by atoms with Crippen LogP contribution in [0, 0.1) is 0 Å². The van der Waals surface area contributed by atoms with Crippen LogP contribution in [0.25, 0.3) is 0 Å². The maximum absolute atomic E-state index is 12.0. The SMILES string of the molecule is CCCCNS(=O)(=O)c1ccc(CCNC2CC2)s1. The van der Waals surface area contributed by atoms with Gasteiger partial charge in [0.1, 0.15) is 4.21 Å². The van der Waals surface area contributed by atoms with Crippen molar-refractivity contribution in [3.05, 3.63) is 17.0 Å². The van der Waals surface area contributed by atoms with Crippen molar-refractivity contribution in [1.29, 1.82) is 0 Å². The lowest BCUT2D eigenvalue weighted by molar-refractivity contribution is 0.580. The number of nitrogens with one attached hydrogen (secondary N) is 2. The highest BCUT2D eigenvalue weighted by Crippen LogP contribution is 2.22. The highest BCUT2D eigenvalue weighted by Gasteiger charge is 2.20. The topological polar surface area (TPSA) is 58.2 Å². The van der Waals surface area contributed by atoms with Crippen molar-refractivity contribution >= 4 is 21.4 Å². The average molecular weight is 302 g/mol. The van der Waals surface area contributed by atoms with Gasteiger partial charge in [-0.05, 0) is 37.8 Å². The summed E-state index contributed by atoms with van der Waals surface area (Å²) in [6.07, 6.45) is 5.34. The summed E-state index contributed by atoms with van der Waals surface area (Å²) in [7, 11) is -3.29. The van der Waals surface area contributed by atoms with Gasteiger partial charge in [0.15, 0.2) is 0 Å². The highest BCUT2D eigenvalue weighted by molar-refractivity contribution is 7.91. The molecule has 1 aliphatic rings. The van der Waals surface area contributed by atoms with Crippen molar-refractivity contribution in [2.75, 3.05) is 13.1 Å². The van der Waals surface area contributed by atoms with Gasteiger partial charge < -0.3 is 5.32 Å². The molecule has 1 aromatic rings. The molecule has 1 aliphatic carbocycles. The molecule has 1 saturated carbocycles. The second-order valence-corrected chi connectivity index (χ2v) is 8.11. The molecule has 0 unspecified atom stereocenters. The smallest absolute Gasteiger partial charge is 0.250 e. The minimum absolute atomic E-state index is 0.435. The Hall–Kier alpha value is -0.430. The first-order valence-corrected chi connectivity index (χ1v) is 9.23. The monoisotopic (exact) mass is 302 g/mol. The Morgan fingerprint density at radius 2 is 2.11 bits per heavy atom. The van der Waals surface area contributed by atoms with E-state index in [4.69, 9.17) is 0 Å². The Labute approximate surface area is 119 Å². The van der Waals surface area contributed by atoms with Gasteiger partial charge in [-0.25, -0.2) is 13.1 Å². The molecule has 0 radical (unpaired) electrons. The van der Waals surface area contributed by atoms with E-state index in [1.807, 2.05) is 13.0 Å². The Morgan fingerprint density at radius 3 is 2.79 bits per heavy atom. The molecule has 0 atom stereocenters. The van der Waals surface area contributed by atoms with Crippen LogP contribution < -0.4 is 10.0 Å². The van der Waals surface area contributed by atoms with Crippen molar-refractivity contribution in [2.24, 2.45) is 0 Å². The van der Waals surface area contributed by atoms with Crippen molar-refractivity contribution in [3.8, 4) is 0 Å². The lowest BCUT2D eigenvalue weighted by atomic mass is 10.3. The van der Waals surface area contributed by atoms with Gasteiger partial charge >= 0.3 is 0 Å². The van der Waals surface area contributed by atoms with E-state index in [0.717, 1.165) is 30.7 Å². The summed E-state index contributed by atoms with van der Waals surface area (Å²) in [5.41, 5.74) is 0. The molecule has 0 saturated heterocycles. The molecule has 6 heteroatoms. The Morgan fingerprint density at radius 1 is 1.32 bits per heavy atom. The van der Waals surface area contributed by atoms with Gasteiger partial charge in [-0.2, -0.15) is 0 Å². The Kier molecular flexibility index (Phi) is 5.38. The fourth-order valence-corrected chi connectivity index (χ4v) is 4.25. The maximum Gasteiger partial charge on any atom is 0.250 e. The predicted octanol–water partition coefficient (Wildman–Crippen LogP) is 2.12. The summed E-state index contributed by atoms with van der Waals surface area (Å²) in [4.78, 5) is 1.13. The lowest BCUT2D eigenvalue weighted by Crippen LogP contribution is -2.23. The van der Waals surface area contributed by atoms with Gasteiger partial charge in [0.2, 0.25) is 10.0 Å². The summed E-state index contributed by atoms with van der Waals surface area (Å²) in [5.74, 6) is 0. The number of thiophene rings is 1. The van der Waals surface area contributed by atoms with Crippen LogP contribution in [0.2, 0.25) is 0 Å². The minimum Gasteiger partial charge on any atom is -0.314 e. The zero-order valence-electron chi connectivity index (χ0n) is 11.3. The van der Waals surface area contributed by atoms with Crippen LogP contribution in [0.5, 0.6) is 0 Å². The third kappa shape index (κ3) is 4.87. The third-order valence-electron chi connectivity index (χ3n) is 3.11. The molecule has 0 aliphatic heterocycles. The van der Waals surface area contributed by atoms with Crippen LogP contribution in [0.4, 0.5) is 0 Å². The van der Waals surface area contributed by atoms with Crippen molar-refractivity contribution in [2.45, 2.75) is 49.3 Å². The van der Waals surface area contributed by atoms with Crippen molar-refractivity contribution in [1.82, 2.24) is 10.0 Å². The summed E-state index contributed by atoms with van der Waals surface area (Å²) < 4.78 is 27.1. The number of hydrogen-bond donors (Lipinski definition) is 2. The van der Waals surface area contributed by atoms with E-state index in [1.165, 1.54) is 24.2 Å². The van der Waals surface area contributed by atoms with E-state index in [-0.39, 0.29) is 0 Å². The lowest BCUT2D eigenvalue weighted by Gasteiger charge is -2.03. The molecule has 0 amide bonds. The van der Waals surface area contributed by atoms with Crippen LogP contribution in [0.3, 0.4) is 0 Å². The second kappa shape index (κ2) is 6.83. The van der Waals surface area contributed by atoms with Gasteiger partial charge in [-0.3, -0.25) is 0 Å². The summed E-state index contributed by atoms with van der Waals surface area (Å²) >= 11 is 1.38. The molecule has 108 valence electrons. The van der Waals surface area contributed by atoms with E-state index in [0.29, 0.717) is 16.8 Å². The van der Waals surface area contributed by atoms with E-state index < -0.39 is 10.0 Å². The molecular weight excluding hydrogens is 280 g/mol. The average Bonchev–Trinajstić information content (AvgIpc) is 3.05. The fourth-order valence-electron chi connectivity index (χ4n) is 1.78. The highest BCUT2D eigenvalue weighted by atomic mass is 32.2. The van der Waals surface area contributed by atoms with Crippen molar-refractivity contribution < 1.29 is 8.42 Å². The predicted molar refractivity (Wildman–Crippen MR) is 79.1 cm³/mol. The molecule has 19 heavy (non-hydrogen) atoms. The molecule has 1 aromatic heterocycles. The zero-order chi connectivity index (χ0) is 13.7. The van der Waals surface area contributed by atoms with Crippen LogP contribution in [-0.2, 0) is 16.4 Å². The molecule has 1 fully saturated rings. The Bertz CT molecular complexity index is 492. The van der Waals surface area contributed by atoms with Crippen LogP contribution in [-0.4, -0.2) is 27.5 Å². The van der Waals surface area contributed by atoms with E-state index in [9.17, 15) is 8.42 Å². The third-order valence-corrected chi connectivity index (χ3v) is 6.20. The zero-order valence-corrected chi connectivity index (χ0v) is 12.9. The van der Waals surface area contributed by atoms with Gasteiger partial charge in [-0.15, -0.1) is 11.3 Å². The summed E-state index contributed by atoms with van der Waals surface area (Å²) in [5, 5.41) is 3.44. The first-order chi connectivity index (χ1) is 9.12. The van der Waals surface area contributed by atoms with Gasteiger partial charge in [0, 0.05) is 24.0 Å². The quantitative estimate of drug-likeness (QED) is 0.687. The van der Waals surface area contributed by atoms with Crippen LogP contribution in [0.1, 0.15) is 37.5 Å². The molecule has 2 N–H and O–H groups in total. The number of unbranched alkanes of at least 4 members (excludes halogenated alkanes) is 1. The van der Waals surface area contributed by atoms with Gasteiger partial charge in [0.05, 0.1) is 0 Å². The van der Waals surface area contributed by atoms with E-state index >= 15 is 0 Å². The van der Waals surface area contributed by atoms with Gasteiger partial charge in [0.25, 0.3) is 0 Å². The molecule has 0 spiro atoms. The molecule has 4 nitrogen and oxygen atoms in total. The first-order valence-electron chi connectivity index (χ1n) is 6.93. The largest absolute Gasteiger partial charge is 0.314 e. The summed E-state index contributed by atoms with van der Waals surface area (Å²) in [6, 6.07) is 4.35.